The molecule has 6 heteroatoms. The first-order chi connectivity index (χ1) is 9.60. The standard InChI is InChI=1S/C14H20BrNO4/c1-19-9-14(18)16-7-10(8-17)5-11-6-12(15)3-4-13(11)20-2/h3-4,6,10,17H,5,7-9H2,1-2H3,(H,16,18)/t10-/m0/s1. The van der Waals surface area contributed by atoms with E-state index in [9.17, 15) is 9.90 Å². The number of carbonyl (C=O) groups excluding carboxylic acids is 1. The lowest BCUT2D eigenvalue weighted by Crippen LogP contribution is -2.34. The Bertz CT molecular complexity index is 439. The van der Waals surface area contributed by atoms with E-state index >= 15 is 0 Å². The van der Waals surface area contributed by atoms with Gasteiger partial charge in [0.15, 0.2) is 0 Å². The van der Waals surface area contributed by atoms with Crippen molar-refractivity contribution in [1.29, 1.82) is 0 Å². The predicted octanol–water partition coefficient (Wildman–Crippen LogP) is 1.37. The second-order valence-electron chi connectivity index (χ2n) is 4.45. The number of ether oxygens (including phenoxy) is 2. The van der Waals surface area contributed by atoms with Gasteiger partial charge in [-0.25, -0.2) is 0 Å². The van der Waals surface area contributed by atoms with Crippen LogP contribution in [-0.2, 0) is 16.0 Å². The number of halogens is 1. The second kappa shape index (κ2) is 8.94. The highest BCUT2D eigenvalue weighted by Crippen LogP contribution is 2.25. The topological polar surface area (TPSA) is 67.8 Å². The Morgan fingerprint density at radius 3 is 2.80 bits per heavy atom. The minimum atomic E-state index is -0.188. The van der Waals surface area contributed by atoms with Crippen LogP contribution in [0, 0.1) is 5.92 Å². The maximum atomic E-state index is 11.3. The van der Waals surface area contributed by atoms with E-state index in [4.69, 9.17) is 9.47 Å². The summed E-state index contributed by atoms with van der Waals surface area (Å²) in [5.41, 5.74) is 0.988. The SMILES string of the molecule is COCC(=O)NC[C@@H](CO)Cc1cc(Br)ccc1OC. The molecule has 1 aromatic carbocycles. The van der Waals surface area contributed by atoms with Crippen LogP contribution in [0.5, 0.6) is 5.75 Å². The third kappa shape index (κ3) is 5.48. The number of aliphatic hydroxyl groups is 1. The van der Waals surface area contributed by atoms with Gasteiger partial charge in [-0.05, 0) is 30.2 Å². The van der Waals surface area contributed by atoms with E-state index in [0.29, 0.717) is 13.0 Å². The molecule has 1 aromatic rings. The Hall–Kier alpha value is -1.11. The van der Waals surface area contributed by atoms with E-state index in [2.05, 4.69) is 21.2 Å². The average molecular weight is 346 g/mol. The molecule has 0 unspecified atom stereocenters. The van der Waals surface area contributed by atoms with Gasteiger partial charge in [-0.15, -0.1) is 0 Å². The van der Waals surface area contributed by atoms with Gasteiger partial charge in [0, 0.05) is 30.7 Å². The number of methoxy groups -OCH3 is 2. The maximum Gasteiger partial charge on any atom is 0.245 e. The van der Waals surface area contributed by atoms with Gasteiger partial charge >= 0.3 is 0 Å². The van der Waals surface area contributed by atoms with E-state index in [1.54, 1.807) is 7.11 Å². The van der Waals surface area contributed by atoms with Gasteiger partial charge in [-0.1, -0.05) is 15.9 Å². The fourth-order valence-corrected chi connectivity index (χ4v) is 2.27. The van der Waals surface area contributed by atoms with Crippen molar-refractivity contribution in [1.82, 2.24) is 5.32 Å². The van der Waals surface area contributed by atoms with Gasteiger partial charge in [0.2, 0.25) is 5.91 Å². The number of nitrogens with one attached hydrogen (secondary N) is 1. The van der Waals surface area contributed by atoms with E-state index in [0.717, 1.165) is 15.8 Å². The van der Waals surface area contributed by atoms with Gasteiger partial charge < -0.3 is 19.9 Å². The molecule has 0 spiro atoms. The molecule has 2 N–H and O–H groups in total. The van der Waals surface area contributed by atoms with Gasteiger partial charge in [0.1, 0.15) is 12.4 Å². The highest BCUT2D eigenvalue weighted by molar-refractivity contribution is 9.10. The summed E-state index contributed by atoms with van der Waals surface area (Å²) in [6.07, 6.45) is 0.617. The van der Waals surface area contributed by atoms with Crippen molar-refractivity contribution < 1.29 is 19.4 Å². The van der Waals surface area contributed by atoms with E-state index in [1.807, 2.05) is 18.2 Å². The van der Waals surface area contributed by atoms with Crippen LogP contribution in [-0.4, -0.2) is 45.0 Å². The normalized spacial score (nSPS) is 12.0. The molecule has 0 aliphatic heterocycles. The quantitative estimate of drug-likeness (QED) is 0.746. The summed E-state index contributed by atoms with van der Waals surface area (Å²) in [5, 5.41) is 12.2. The van der Waals surface area contributed by atoms with Crippen LogP contribution in [0.2, 0.25) is 0 Å². The Kier molecular flexibility index (Phi) is 7.58. The summed E-state index contributed by atoms with van der Waals surface area (Å²) < 4.78 is 11.0. The monoisotopic (exact) mass is 345 g/mol. The molecule has 0 fully saturated rings. The van der Waals surface area contributed by atoms with Crippen LogP contribution in [0.3, 0.4) is 0 Å². The summed E-state index contributed by atoms with van der Waals surface area (Å²) >= 11 is 3.42. The number of benzene rings is 1. The second-order valence-corrected chi connectivity index (χ2v) is 5.36. The van der Waals surface area contributed by atoms with E-state index in [-0.39, 0.29) is 25.0 Å². The number of carbonyl (C=O) groups is 1. The van der Waals surface area contributed by atoms with Crippen LogP contribution in [0.4, 0.5) is 0 Å². The van der Waals surface area contributed by atoms with Gasteiger partial charge in [0.25, 0.3) is 0 Å². The zero-order valence-electron chi connectivity index (χ0n) is 11.7. The first-order valence-corrected chi connectivity index (χ1v) is 7.09. The van der Waals surface area contributed by atoms with Crippen LogP contribution in [0.1, 0.15) is 5.56 Å². The third-order valence-electron chi connectivity index (χ3n) is 2.87. The van der Waals surface area contributed by atoms with Crippen LogP contribution >= 0.6 is 15.9 Å². The molecule has 0 aliphatic rings. The molecule has 1 rings (SSSR count). The molecule has 0 saturated carbocycles. The summed E-state index contributed by atoms with van der Waals surface area (Å²) in [6.45, 7) is 0.412. The molecular weight excluding hydrogens is 326 g/mol. The lowest BCUT2D eigenvalue weighted by atomic mass is 9.99. The average Bonchev–Trinajstić information content (AvgIpc) is 2.44. The zero-order valence-corrected chi connectivity index (χ0v) is 13.3. The van der Waals surface area contributed by atoms with Crippen molar-refractivity contribution in [2.24, 2.45) is 5.92 Å². The Labute approximate surface area is 127 Å². The Morgan fingerprint density at radius 1 is 1.45 bits per heavy atom. The highest BCUT2D eigenvalue weighted by atomic mass is 79.9. The fraction of sp³-hybridized carbons (Fsp3) is 0.500. The van der Waals surface area contributed by atoms with Gasteiger partial charge in [0.05, 0.1) is 7.11 Å². The van der Waals surface area contributed by atoms with E-state index < -0.39 is 0 Å². The van der Waals surface area contributed by atoms with Crippen molar-refractivity contribution in [3.63, 3.8) is 0 Å². The molecule has 20 heavy (non-hydrogen) atoms. The van der Waals surface area contributed by atoms with Crippen molar-refractivity contribution in [2.75, 3.05) is 34.0 Å². The molecule has 0 aliphatic carbocycles. The van der Waals surface area contributed by atoms with Gasteiger partial charge in [-0.3, -0.25) is 4.79 Å². The van der Waals surface area contributed by atoms with Crippen molar-refractivity contribution in [3.8, 4) is 5.75 Å². The molecule has 0 heterocycles. The summed E-state index contributed by atoms with van der Waals surface area (Å²) in [5.74, 6) is 0.515. The number of hydrogen-bond acceptors (Lipinski definition) is 4. The summed E-state index contributed by atoms with van der Waals surface area (Å²) in [7, 11) is 3.08. The van der Waals surface area contributed by atoms with Gasteiger partial charge in [-0.2, -0.15) is 0 Å². The first kappa shape index (κ1) is 16.9. The number of hydrogen-bond donors (Lipinski definition) is 2. The first-order valence-electron chi connectivity index (χ1n) is 6.29. The Morgan fingerprint density at radius 2 is 2.20 bits per heavy atom. The van der Waals surface area contributed by atoms with Crippen molar-refractivity contribution >= 4 is 21.8 Å². The van der Waals surface area contributed by atoms with E-state index in [1.165, 1.54) is 7.11 Å². The van der Waals surface area contributed by atoms with Crippen molar-refractivity contribution in [2.45, 2.75) is 6.42 Å². The number of amides is 1. The molecule has 0 saturated heterocycles. The van der Waals surface area contributed by atoms with Crippen LogP contribution in [0.15, 0.2) is 22.7 Å². The van der Waals surface area contributed by atoms with Crippen LogP contribution < -0.4 is 10.1 Å². The zero-order chi connectivity index (χ0) is 15.0. The Balaban J connectivity index is 2.63. The number of aliphatic hydroxyl groups excluding tert-OH is 1. The van der Waals surface area contributed by atoms with Crippen LogP contribution in [0.25, 0.3) is 0 Å². The fourth-order valence-electron chi connectivity index (χ4n) is 1.86. The molecule has 5 nitrogen and oxygen atoms in total. The minimum Gasteiger partial charge on any atom is -0.496 e. The summed E-state index contributed by atoms with van der Waals surface area (Å²) in [6, 6.07) is 5.73. The molecule has 0 bridgehead atoms. The minimum absolute atomic E-state index is 0.0110. The van der Waals surface area contributed by atoms with Crippen molar-refractivity contribution in [3.05, 3.63) is 28.2 Å². The lowest BCUT2D eigenvalue weighted by molar-refractivity contribution is -0.124. The predicted molar refractivity (Wildman–Crippen MR) is 79.9 cm³/mol. The molecule has 112 valence electrons. The number of rotatable bonds is 8. The molecule has 1 amide bonds. The molecule has 1 atom stereocenters. The lowest BCUT2D eigenvalue weighted by Gasteiger charge is -2.17. The maximum absolute atomic E-state index is 11.3. The highest BCUT2D eigenvalue weighted by Gasteiger charge is 2.13. The third-order valence-corrected chi connectivity index (χ3v) is 3.37. The molecular formula is C14H20BrNO4. The smallest absolute Gasteiger partial charge is 0.245 e. The molecule has 0 radical (unpaired) electrons. The summed E-state index contributed by atoms with van der Waals surface area (Å²) in [4.78, 5) is 11.3. The molecule has 0 aromatic heterocycles. The largest absolute Gasteiger partial charge is 0.496 e.